The number of benzene rings is 2. The Morgan fingerprint density at radius 3 is 2.46 bits per heavy atom. The lowest BCUT2D eigenvalue weighted by Gasteiger charge is -2.44. The number of rotatable bonds is 14. The van der Waals surface area contributed by atoms with Gasteiger partial charge in [0.2, 0.25) is 5.91 Å². The molecule has 8 heteroatoms. The molecule has 1 heterocycles. The highest BCUT2D eigenvalue weighted by molar-refractivity contribution is 5.80. The van der Waals surface area contributed by atoms with Crippen LogP contribution in [-0.4, -0.2) is 71.5 Å². The average Bonchev–Trinajstić information content (AvgIpc) is 2.90. The Kier molecular flexibility index (Phi) is 11.8. The summed E-state index contributed by atoms with van der Waals surface area (Å²) in [6.45, 7) is 7.28. The van der Waals surface area contributed by atoms with Crippen LogP contribution >= 0.6 is 0 Å². The number of hydrogen-bond donors (Lipinski definition) is 3. The van der Waals surface area contributed by atoms with E-state index >= 15 is 0 Å². The fraction of sp³-hybridized carbons (Fsp3) is 0.552. The molecule has 0 bridgehead atoms. The third-order valence-electron chi connectivity index (χ3n) is 7.08. The van der Waals surface area contributed by atoms with Gasteiger partial charge in [-0.3, -0.25) is 19.7 Å². The van der Waals surface area contributed by atoms with Crippen LogP contribution in [0.1, 0.15) is 44.2 Å². The predicted molar refractivity (Wildman–Crippen MR) is 143 cm³/mol. The smallest absolute Gasteiger partial charge is 0.228 e. The molecule has 1 amide bonds. The van der Waals surface area contributed by atoms with Crippen LogP contribution in [-0.2, 0) is 22.6 Å². The molecule has 1 aliphatic heterocycles. The number of methoxy groups -OCH3 is 1. The number of nitrogens with zero attached hydrogens (tertiary/aromatic N) is 2. The first-order valence-corrected chi connectivity index (χ1v) is 13.3. The molecule has 37 heavy (non-hydrogen) atoms. The van der Waals surface area contributed by atoms with Crippen LogP contribution in [0.2, 0.25) is 0 Å². The standard InChI is InChI=1S/C29H43N3O5/c1-22(2)18-25-20-31(19-24-8-5-4-6-9-24)16-17-32(25)29(34)27(28(33)21-37-30-35)11-7-10-23-12-14-26(36-3)15-13-23/h4-6,8-9,12-15,22,25,27-28,30,33,35H,7,10-11,16-21H2,1-3H3/t25-,27+,28+/m0/s1. The lowest BCUT2D eigenvalue weighted by molar-refractivity contribution is -0.164. The molecule has 8 nitrogen and oxygen atoms in total. The second-order valence-electron chi connectivity index (χ2n) is 10.4. The van der Waals surface area contributed by atoms with E-state index in [1.165, 1.54) is 5.56 Å². The largest absolute Gasteiger partial charge is 0.497 e. The minimum Gasteiger partial charge on any atom is -0.497 e. The molecule has 3 N–H and O–H groups in total. The van der Waals surface area contributed by atoms with E-state index in [1.807, 2.05) is 35.2 Å². The van der Waals surface area contributed by atoms with Crippen LogP contribution < -0.4 is 10.4 Å². The van der Waals surface area contributed by atoms with Gasteiger partial charge in [-0.2, -0.15) is 0 Å². The quantitative estimate of drug-likeness (QED) is 0.332. The Morgan fingerprint density at radius 2 is 1.81 bits per heavy atom. The third-order valence-corrected chi connectivity index (χ3v) is 7.08. The van der Waals surface area contributed by atoms with Crippen LogP contribution in [0, 0.1) is 11.8 Å². The summed E-state index contributed by atoms with van der Waals surface area (Å²) in [6.07, 6.45) is 1.94. The Hall–Kier alpha value is -2.49. The van der Waals surface area contributed by atoms with Crippen LogP contribution in [0.25, 0.3) is 0 Å². The minimum absolute atomic E-state index is 0.0335. The van der Waals surface area contributed by atoms with Gasteiger partial charge in [0.1, 0.15) is 5.75 Å². The van der Waals surface area contributed by atoms with E-state index in [0.717, 1.165) is 50.2 Å². The molecule has 0 aliphatic carbocycles. The van der Waals surface area contributed by atoms with Gasteiger partial charge in [-0.15, -0.1) is 0 Å². The van der Waals surface area contributed by atoms with Crippen molar-refractivity contribution in [3.8, 4) is 5.75 Å². The number of piperazine rings is 1. The molecule has 3 atom stereocenters. The minimum atomic E-state index is -1.02. The summed E-state index contributed by atoms with van der Waals surface area (Å²) >= 11 is 0. The third kappa shape index (κ3) is 9.09. The van der Waals surface area contributed by atoms with E-state index in [-0.39, 0.29) is 18.6 Å². The van der Waals surface area contributed by atoms with Crippen molar-refractivity contribution in [2.75, 3.05) is 33.4 Å². The molecule has 0 unspecified atom stereocenters. The van der Waals surface area contributed by atoms with Crippen molar-refractivity contribution in [1.29, 1.82) is 0 Å². The van der Waals surface area contributed by atoms with Gasteiger partial charge < -0.3 is 14.7 Å². The van der Waals surface area contributed by atoms with E-state index in [2.05, 4.69) is 43.0 Å². The fourth-order valence-electron chi connectivity index (χ4n) is 5.19. The zero-order valence-corrected chi connectivity index (χ0v) is 22.4. The number of nitrogens with one attached hydrogen (secondary N) is 1. The van der Waals surface area contributed by atoms with E-state index in [1.54, 1.807) is 12.8 Å². The normalized spacial score (nSPS) is 18.1. The molecule has 2 aromatic carbocycles. The predicted octanol–water partition coefficient (Wildman–Crippen LogP) is 3.66. The Labute approximate surface area is 221 Å². The van der Waals surface area contributed by atoms with Crippen molar-refractivity contribution in [3.63, 3.8) is 0 Å². The number of carbonyl (C=O) groups excluding carboxylic acids is 1. The van der Waals surface area contributed by atoms with E-state index in [0.29, 0.717) is 18.9 Å². The molecule has 0 aromatic heterocycles. The van der Waals surface area contributed by atoms with Crippen LogP contribution in [0.3, 0.4) is 0 Å². The van der Waals surface area contributed by atoms with Crippen molar-refractivity contribution >= 4 is 5.91 Å². The second kappa shape index (κ2) is 15.1. The number of amides is 1. The molecule has 1 aliphatic rings. The molecule has 204 valence electrons. The van der Waals surface area contributed by atoms with Crippen molar-refractivity contribution in [3.05, 3.63) is 65.7 Å². The topological polar surface area (TPSA) is 94.5 Å². The summed E-state index contributed by atoms with van der Waals surface area (Å²) in [5.41, 5.74) is 4.05. The monoisotopic (exact) mass is 513 g/mol. The van der Waals surface area contributed by atoms with Gasteiger partial charge >= 0.3 is 0 Å². The first-order valence-electron chi connectivity index (χ1n) is 13.3. The Balaban J connectivity index is 1.68. The van der Waals surface area contributed by atoms with Gasteiger partial charge in [0, 0.05) is 32.2 Å². The van der Waals surface area contributed by atoms with Gasteiger partial charge in [0.05, 0.1) is 25.7 Å². The number of hydrogen-bond acceptors (Lipinski definition) is 7. The molecular weight excluding hydrogens is 470 g/mol. The van der Waals surface area contributed by atoms with Crippen molar-refractivity contribution in [2.45, 2.75) is 58.2 Å². The van der Waals surface area contributed by atoms with Gasteiger partial charge in [0.25, 0.3) is 0 Å². The number of aryl methyl sites for hydroxylation is 1. The number of aliphatic hydroxyl groups excluding tert-OH is 1. The van der Waals surface area contributed by atoms with E-state index < -0.39 is 12.0 Å². The highest BCUT2D eigenvalue weighted by Crippen LogP contribution is 2.25. The molecule has 2 aromatic rings. The number of carbonyl (C=O) groups is 1. The number of aliphatic hydroxyl groups is 1. The molecule has 0 saturated carbocycles. The summed E-state index contributed by atoms with van der Waals surface area (Å²) in [5, 5.41) is 19.7. The first-order chi connectivity index (χ1) is 17.9. The first kappa shape index (κ1) is 29.1. The summed E-state index contributed by atoms with van der Waals surface area (Å²) in [6, 6.07) is 18.4. The summed E-state index contributed by atoms with van der Waals surface area (Å²) in [4.78, 5) is 23.1. The zero-order valence-electron chi connectivity index (χ0n) is 22.4. The highest BCUT2D eigenvalue weighted by atomic mass is 16.8. The van der Waals surface area contributed by atoms with Crippen LogP contribution in [0.15, 0.2) is 54.6 Å². The zero-order chi connectivity index (χ0) is 26.6. The average molecular weight is 514 g/mol. The summed E-state index contributed by atoms with van der Waals surface area (Å²) < 4.78 is 5.23. The molecular formula is C29H43N3O5. The molecule has 3 rings (SSSR count). The van der Waals surface area contributed by atoms with Crippen LogP contribution in [0.5, 0.6) is 5.75 Å². The highest BCUT2D eigenvalue weighted by Gasteiger charge is 2.37. The van der Waals surface area contributed by atoms with Crippen molar-refractivity contribution in [2.24, 2.45) is 11.8 Å². The van der Waals surface area contributed by atoms with E-state index in [9.17, 15) is 9.90 Å². The molecule has 1 saturated heterocycles. The van der Waals surface area contributed by atoms with Crippen molar-refractivity contribution in [1.82, 2.24) is 15.4 Å². The molecule has 0 radical (unpaired) electrons. The fourth-order valence-corrected chi connectivity index (χ4v) is 5.19. The Bertz CT molecular complexity index is 925. The SMILES string of the molecule is COc1ccc(CCC[C@@H](C(=O)N2CCN(Cc3ccccc3)C[C@@H]2CC(C)C)[C@H](O)CONO)cc1. The summed E-state index contributed by atoms with van der Waals surface area (Å²) in [5.74, 6) is 0.608. The maximum absolute atomic E-state index is 13.9. The van der Waals surface area contributed by atoms with Crippen molar-refractivity contribution < 1.29 is 24.7 Å². The van der Waals surface area contributed by atoms with E-state index in [4.69, 9.17) is 14.8 Å². The van der Waals surface area contributed by atoms with Gasteiger partial charge in [-0.25, -0.2) is 0 Å². The van der Waals surface area contributed by atoms with Gasteiger partial charge in [-0.1, -0.05) is 62.0 Å². The van der Waals surface area contributed by atoms with Gasteiger partial charge in [-0.05, 0) is 54.9 Å². The molecule has 1 fully saturated rings. The molecule has 0 spiro atoms. The maximum atomic E-state index is 13.9. The van der Waals surface area contributed by atoms with Gasteiger partial charge in [0.15, 0.2) is 0 Å². The second-order valence-corrected chi connectivity index (χ2v) is 10.4. The lowest BCUT2D eigenvalue weighted by atomic mass is 9.91. The maximum Gasteiger partial charge on any atom is 0.228 e. The summed E-state index contributed by atoms with van der Waals surface area (Å²) in [7, 11) is 1.64. The van der Waals surface area contributed by atoms with Crippen LogP contribution in [0.4, 0.5) is 0 Å². The lowest BCUT2D eigenvalue weighted by Crippen LogP contribution is -2.57. The Morgan fingerprint density at radius 1 is 1.08 bits per heavy atom. The number of ether oxygens (including phenoxy) is 1.